The molecule has 0 aromatic heterocycles. The summed E-state index contributed by atoms with van der Waals surface area (Å²) in [6.07, 6.45) is 1.93. The van der Waals surface area contributed by atoms with Crippen molar-refractivity contribution >= 4 is 17.4 Å². The minimum atomic E-state index is 0.652. The Balaban J connectivity index is 2.02. The van der Waals surface area contributed by atoms with Gasteiger partial charge in [-0.2, -0.15) is 0 Å². The molecule has 0 saturated heterocycles. The number of ether oxygens (including phenoxy) is 1. The molecule has 0 atom stereocenters. The fourth-order valence-corrected chi connectivity index (χ4v) is 2.85. The van der Waals surface area contributed by atoms with Gasteiger partial charge in [0.15, 0.2) is 0 Å². The number of methoxy groups -OCH3 is 1. The summed E-state index contributed by atoms with van der Waals surface area (Å²) in [6.45, 7) is 5.23. The first kappa shape index (κ1) is 15.7. The van der Waals surface area contributed by atoms with E-state index < -0.39 is 0 Å². The highest BCUT2D eigenvalue weighted by molar-refractivity contribution is 7.99. The molecule has 0 fully saturated rings. The van der Waals surface area contributed by atoms with E-state index in [1.165, 1.54) is 21.7 Å². The highest BCUT2D eigenvalue weighted by Gasteiger charge is 2.02. The normalized spacial score (nSPS) is 10.3. The summed E-state index contributed by atoms with van der Waals surface area (Å²) >= 11 is 1.79. The van der Waals surface area contributed by atoms with Crippen LogP contribution >= 0.6 is 11.8 Å². The van der Waals surface area contributed by atoms with Crippen molar-refractivity contribution in [1.82, 2.24) is 0 Å². The lowest BCUT2D eigenvalue weighted by Crippen LogP contribution is -2.01. The van der Waals surface area contributed by atoms with Crippen LogP contribution in [0, 0.1) is 0 Å². The minimum Gasteiger partial charge on any atom is -0.380 e. The van der Waals surface area contributed by atoms with Gasteiger partial charge in [0.25, 0.3) is 0 Å². The van der Waals surface area contributed by atoms with Gasteiger partial charge in [-0.1, -0.05) is 42.5 Å². The molecular weight excluding hydrogens is 278 g/mol. The van der Waals surface area contributed by atoms with Crippen LogP contribution in [-0.2, 0) is 17.9 Å². The topological polar surface area (TPSA) is 21.3 Å². The fraction of sp³-hybridized carbons (Fsp3) is 0.222. The van der Waals surface area contributed by atoms with E-state index in [4.69, 9.17) is 4.74 Å². The molecule has 0 heterocycles. The van der Waals surface area contributed by atoms with Crippen LogP contribution in [0.25, 0.3) is 0 Å². The number of hydrogen-bond donors (Lipinski definition) is 1. The van der Waals surface area contributed by atoms with Gasteiger partial charge in [-0.05, 0) is 23.3 Å². The third-order valence-corrected chi connectivity index (χ3v) is 4.10. The molecule has 2 aromatic carbocycles. The fourth-order valence-electron chi connectivity index (χ4n) is 2.08. The van der Waals surface area contributed by atoms with Crippen molar-refractivity contribution in [2.24, 2.45) is 0 Å². The number of nitrogens with one attached hydrogen (secondary N) is 1. The van der Waals surface area contributed by atoms with Crippen molar-refractivity contribution < 1.29 is 4.74 Å². The second kappa shape index (κ2) is 8.55. The van der Waals surface area contributed by atoms with E-state index in [1.54, 1.807) is 18.9 Å². The van der Waals surface area contributed by atoms with Crippen molar-refractivity contribution in [2.75, 3.05) is 18.2 Å². The maximum Gasteiger partial charge on any atom is 0.0713 e. The first-order valence-electron chi connectivity index (χ1n) is 6.97. The Labute approximate surface area is 131 Å². The number of anilines is 1. The molecule has 0 unspecified atom stereocenters. The van der Waals surface area contributed by atoms with Crippen LogP contribution in [0.2, 0.25) is 0 Å². The summed E-state index contributed by atoms with van der Waals surface area (Å²) in [4.78, 5) is 1.26. The summed E-state index contributed by atoms with van der Waals surface area (Å²) in [6, 6.07) is 16.8. The number of para-hydroxylation sites is 1. The summed E-state index contributed by atoms with van der Waals surface area (Å²) in [5, 5.41) is 3.51. The Bertz CT molecular complexity index is 583. The maximum absolute atomic E-state index is 5.18. The molecule has 0 amide bonds. The van der Waals surface area contributed by atoms with Gasteiger partial charge in [0.2, 0.25) is 0 Å². The van der Waals surface area contributed by atoms with Crippen molar-refractivity contribution in [3.05, 3.63) is 72.3 Å². The number of benzene rings is 2. The van der Waals surface area contributed by atoms with Crippen LogP contribution in [0.4, 0.5) is 5.69 Å². The Kier molecular flexibility index (Phi) is 6.38. The lowest BCUT2D eigenvalue weighted by atomic mass is 10.1. The third kappa shape index (κ3) is 4.96. The zero-order chi connectivity index (χ0) is 14.9. The maximum atomic E-state index is 5.18. The Morgan fingerprint density at radius 3 is 2.76 bits per heavy atom. The molecule has 110 valence electrons. The Morgan fingerprint density at radius 2 is 1.95 bits per heavy atom. The van der Waals surface area contributed by atoms with Crippen molar-refractivity contribution in [3.63, 3.8) is 0 Å². The van der Waals surface area contributed by atoms with Gasteiger partial charge < -0.3 is 10.1 Å². The van der Waals surface area contributed by atoms with Crippen molar-refractivity contribution in [2.45, 2.75) is 18.0 Å². The van der Waals surface area contributed by atoms with E-state index in [9.17, 15) is 0 Å². The summed E-state index contributed by atoms with van der Waals surface area (Å²) in [5.74, 6) is 0.919. The van der Waals surface area contributed by atoms with E-state index in [1.807, 2.05) is 6.08 Å². The summed E-state index contributed by atoms with van der Waals surface area (Å²) in [7, 11) is 1.72. The summed E-state index contributed by atoms with van der Waals surface area (Å²) < 4.78 is 5.18. The lowest BCUT2D eigenvalue weighted by molar-refractivity contribution is 0.185. The molecule has 0 aliphatic rings. The molecule has 0 bridgehead atoms. The molecule has 0 radical (unpaired) electrons. The van der Waals surface area contributed by atoms with Gasteiger partial charge in [0.05, 0.1) is 6.61 Å². The highest BCUT2D eigenvalue weighted by atomic mass is 32.2. The van der Waals surface area contributed by atoms with Crippen LogP contribution in [0.3, 0.4) is 0 Å². The summed E-state index contributed by atoms with van der Waals surface area (Å²) in [5.41, 5.74) is 3.63. The zero-order valence-electron chi connectivity index (χ0n) is 12.3. The van der Waals surface area contributed by atoms with Crippen molar-refractivity contribution in [1.29, 1.82) is 0 Å². The molecule has 1 N–H and O–H groups in total. The van der Waals surface area contributed by atoms with Gasteiger partial charge in [-0.3, -0.25) is 0 Å². The average Bonchev–Trinajstić information content (AvgIpc) is 2.52. The van der Waals surface area contributed by atoms with E-state index in [2.05, 4.69) is 60.4 Å². The predicted molar refractivity (Wildman–Crippen MR) is 91.8 cm³/mol. The lowest BCUT2D eigenvalue weighted by Gasteiger charge is -2.12. The van der Waals surface area contributed by atoms with E-state index in [0.29, 0.717) is 6.61 Å². The molecular formula is C18H21NOS. The highest BCUT2D eigenvalue weighted by Crippen LogP contribution is 2.27. The van der Waals surface area contributed by atoms with E-state index in [-0.39, 0.29) is 0 Å². The predicted octanol–water partition coefficient (Wildman–Crippen LogP) is 4.72. The van der Waals surface area contributed by atoms with Crippen molar-refractivity contribution in [3.8, 4) is 0 Å². The average molecular weight is 299 g/mol. The largest absolute Gasteiger partial charge is 0.380 e. The molecule has 2 aromatic rings. The van der Waals surface area contributed by atoms with Gasteiger partial charge in [0, 0.05) is 30.0 Å². The van der Waals surface area contributed by atoms with Gasteiger partial charge in [-0.25, -0.2) is 0 Å². The first-order valence-corrected chi connectivity index (χ1v) is 7.95. The molecule has 3 heteroatoms. The van der Waals surface area contributed by atoms with E-state index >= 15 is 0 Å². The Hall–Kier alpha value is -1.71. The van der Waals surface area contributed by atoms with Crippen LogP contribution in [-0.4, -0.2) is 12.9 Å². The monoisotopic (exact) mass is 299 g/mol. The van der Waals surface area contributed by atoms with E-state index in [0.717, 1.165) is 12.3 Å². The second-order valence-corrected chi connectivity index (χ2v) is 5.76. The number of thioether (sulfide) groups is 1. The molecule has 0 spiro atoms. The molecule has 0 saturated carbocycles. The van der Waals surface area contributed by atoms with Crippen LogP contribution in [0.15, 0.2) is 66.1 Å². The Morgan fingerprint density at radius 1 is 1.14 bits per heavy atom. The van der Waals surface area contributed by atoms with Crippen LogP contribution in [0.5, 0.6) is 0 Å². The molecule has 21 heavy (non-hydrogen) atoms. The number of rotatable bonds is 8. The SMILES string of the molecule is C=CCSc1ccccc1NCc1cccc(COC)c1. The second-order valence-electron chi connectivity index (χ2n) is 4.70. The zero-order valence-corrected chi connectivity index (χ0v) is 13.2. The van der Waals surface area contributed by atoms with Gasteiger partial charge >= 0.3 is 0 Å². The standard InChI is InChI=1S/C18H21NOS/c1-3-11-21-18-10-5-4-9-17(18)19-13-15-7-6-8-16(12-15)14-20-2/h3-10,12,19H,1,11,13-14H2,2H3. The quantitative estimate of drug-likeness (QED) is 0.563. The van der Waals surface area contributed by atoms with Crippen LogP contribution in [0.1, 0.15) is 11.1 Å². The molecule has 0 aliphatic heterocycles. The van der Waals surface area contributed by atoms with Gasteiger partial charge in [0.1, 0.15) is 0 Å². The number of hydrogen-bond acceptors (Lipinski definition) is 3. The third-order valence-electron chi connectivity index (χ3n) is 3.03. The minimum absolute atomic E-state index is 0.652. The molecule has 2 nitrogen and oxygen atoms in total. The smallest absolute Gasteiger partial charge is 0.0713 e. The molecule has 2 rings (SSSR count). The molecule has 0 aliphatic carbocycles. The van der Waals surface area contributed by atoms with Gasteiger partial charge in [-0.15, -0.1) is 18.3 Å². The van der Waals surface area contributed by atoms with Crippen LogP contribution < -0.4 is 5.32 Å². The first-order chi connectivity index (χ1) is 10.3.